The number of rotatable bonds is 4. The van der Waals surface area contributed by atoms with Crippen molar-refractivity contribution in [1.82, 2.24) is 4.90 Å². The number of amides is 1. The summed E-state index contributed by atoms with van der Waals surface area (Å²) < 4.78 is 0. The van der Waals surface area contributed by atoms with E-state index < -0.39 is 0 Å². The van der Waals surface area contributed by atoms with E-state index in [0.29, 0.717) is 22.4 Å². The fourth-order valence-corrected chi connectivity index (χ4v) is 3.48. The van der Waals surface area contributed by atoms with Crippen LogP contribution in [0.1, 0.15) is 33.3 Å². The molecule has 3 rings (SSSR count). The first-order valence-corrected chi connectivity index (χ1v) is 9.50. The van der Waals surface area contributed by atoms with Gasteiger partial charge in [-0.2, -0.15) is 0 Å². The summed E-state index contributed by atoms with van der Waals surface area (Å²) in [6, 6.07) is 17.4. The highest BCUT2D eigenvalue weighted by molar-refractivity contribution is 6.32. The van der Waals surface area contributed by atoms with E-state index in [9.17, 15) is 4.79 Å². The van der Waals surface area contributed by atoms with E-state index in [1.165, 1.54) is 0 Å². The molecule has 27 heavy (non-hydrogen) atoms. The molecule has 2 aromatic carbocycles. The van der Waals surface area contributed by atoms with Gasteiger partial charge in [-0.15, -0.1) is 0 Å². The zero-order valence-corrected chi connectivity index (χ0v) is 16.8. The lowest BCUT2D eigenvalue weighted by Gasteiger charge is -2.35. The van der Waals surface area contributed by atoms with Crippen LogP contribution < -0.4 is 4.90 Å². The quantitative estimate of drug-likeness (QED) is 0.682. The summed E-state index contributed by atoms with van der Waals surface area (Å²) >= 11 is 6.18. The van der Waals surface area contributed by atoms with Gasteiger partial charge in [-0.3, -0.25) is 4.79 Å². The van der Waals surface area contributed by atoms with Crippen LogP contribution in [0.3, 0.4) is 0 Å². The largest absolute Gasteiger partial charge is 0.337 e. The predicted octanol–water partition coefficient (Wildman–Crippen LogP) is 5.20. The summed E-state index contributed by atoms with van der Waals surface area (Å²) in [5.41, 5.74) is 2.08. The van der Waals surface area contributed by atoms with E-state index in [-0.39, 0.29) is 18.0 Å². The number of benzene rings is 2. The van der Waals surface area contributed by atoms with E-state index in [4.69, 9.17) is 16.6 Å². The fourth-order valence-electron chi connectivity index (χ4n) is 3.29. The standard InChI is InChI=1S/C22H24ClN3O/c1-15(2)25(16(3)4)22-24-20(13-17-9-6-5-7-10-17)21(27)26(22)19-12-8-11-18(23)14-19/h5-16H,1-4H3/b20-13+. The second-order valence-electron chi connectivity index (χ2n) is 7.07. The number of hydrogen-bond acceptors (Lipinski definition) is 3. The van der Waals surface area contributed by atoms with Gasteiger partial charge in [0, 0.05) is 17.1 Å². The molecule has 0 fully saturated rings. The third-order valence-corrected chi connectivity index (χ3v) is 4.59. The second kappa shape index (κ2) is 7.97. The molecule has 1 amide bonds. The number of anilines is 1. The number of aliphatic imine (C=N–C) groups is 1. The van der Waals surface area contributed by atoms with Crippen LogP contribution in [0.4, 0.5) is 5.69 Å². The summed E-state index contributed by atoms with van der Waals surface area (Å²) in [5, 5.41) is 0.584. The first-order valence-electron chi connectivity index (χ1n) is 9.12. The van der Waals surface area contributed by atoms with Crippen LogP contribution in [-0.4, -0.2) is 28.9 Å². The zero-order valence-electron chi connectivity index (χ0n) is 16.1. The molecule has 0 radical (unpaired) electrons. The van der Waals surface area contributed by atoms with Crippen molar-refractivity contribution in [3.8, 4) is 0 Å². The maximum Gasteiger partial charge on any atom is 0.283 e. The molecule has 0 N–H and O–H groups in total. The van der Waals surface area contributed by atoms with Crippen LogP contribution in [0, 0.1) is 0 Å². The number of guanidine groups is 1. The van der Waals surface area contributed by atoms with Crippen molar-refractivity contribution in [3.05, 3.63) is 70.9 Å². The molecule has 0 saturated heterocycles. The normalized spacial score (nSPS) is 15.8. The summed E-state index contributed by atoms with van der Waals surface area (Å²) in [5.74, 6) is 0.483. The third kappa shape index (κ3) is 4.06. The molecule has 1 heterocycles. The lowest BCUT2D eigenvalue weighted by Crippen LogP contribution is -2.50. The van der Waals surface area contributed by atoms with Gasteiger partial charge in [0.05, 0.1) is 5.69 Å². The molecule has 4 nitrogen and oxygen atoms in total. The molecule has 0 aliphatic carbocycles. The van der Waals surface area contributed by atoms with E-state index >= 15 is 0 Å². The van der Waals surface area contributed by atoms with Crippen molar-refractivity contribution in [2.45, 2.75) is 39.8 Å². The van der Waals surface area contributed by atoms with Gasteiger partial charge in [-0.1, -0.05) is 48.0 Å². The van der Waals surface area contributed by atoms with Crippen molar-refractivity contribution < 1.29 is 4.79 Å². The van der Waals surface area contributed by atoms with Crippen LogP contribution in [0.2, 0.25) is 5.02 Å². The number of carbonyl (C=O) groups excluding carboxylic acids is 1. The molecule has 2 aromatic rings. The number of halogens is 1. The molecule has 0 spiro atoms. The first kappa shape index (κ1) is 19.2. The summed E-state index contributed by atoms with van der Waals surface area (Å²) in [6.07, 6.45) is 1.83. The Labute approximate surface area is 165 Å². The molecule has 5 heteroatoms. The zero-order chi connectivity index (χ0) is 19.6. The summed E-state index contributed by atoms with van der Waals surface area (Å²) in [4.78, 5) is 21.8. The number of nitrogens with zero attached hydrogens (tertiary/aromatic N) is 3. The first-order chi connectivity index (χ1) is 12.9. The lowest BCUT2D eigenvalue weighted by molar-refractivity contribution is -0.113. The Kier molecular flexibility index (Phi) is 5.66. The molecular weight excluding hydrogens is 358 g/mol. The topological polar surface area (TPSA) is 35.9 Å². The van der Waals surface area contributed by atoms with E-state index in [1.54, 1.807) is 17.0 Å². The summed E-state index contributed by atoms with van der Waals surface area (Å²) in [7, 11) is 0. The Hall–Kier alpha value is -2.59. The average Bonchev–Trinajstić information content (AvgIpc) is 2.91. The minimum absolute atomic E-state index is 0.151. The van der Waals surface area contributed by atoms with Crippen LogP contribution in [0.15, 0.2) is 65.3 Å². The van der Waals surface area contributed by atoms with Gasteiger partial charge in [0.1, 0.15) is 5.70 Å². The van der Waals surface area contributed by atoms with Crippen molar-refractivity contribution >= 4 is 35.2 Å². The molecule has 1 aliphatic rings. The van der Waals surface area contributed by atoms with Crippen LogP contribution in [0.5, 0.6) is 0 Å². The molecule has 1 aliphatic heterocycles. The predicted molar refractivity (Wildman–Crippen MR) is 113 cm³/mol. The molecule has 0 atom stereocenters. The maximum atomic E-state index is 13.3. The number of carbonyl (C=O) groups is 1. The molecule has 0 saturated carbocycles. The number of hydrogen-bond donors (Lipinski definition) is 0. The Morgan fingerprint density at radius 1 is 1.00 bits per heavy atom. The van der Waals surface area contributed by atoms with Gasteiger partial charge in [-0.25, -0.2) is 9.89 Å². The SMILES string of the molecule is CC(C)N(C1=N/C(=C/c2ccccc2)C(=O)N1c1cccc(Cl)c1)C(C)C. The Morgan fingerprint density at radius 3 is 2.26 bits per heavy atom. The Bertz CT molecular complexity index is 879. The third-order valence-electron chi connectivity index (χ3n) is 4.36. The highest BCUT2D eigenvalue weighted by Crippen LogP contribution is 2.29. The highest BCUT2D eigenvalue weighted by Gasteiger charge is 2.36. The fraction of sp³-hybridized carbons (Fsp3) is 0.273. The Balaban J connectivity index is 2.12. The summed E-state index contributed by atoms with van der Waals surface area (Å²) in [6.45, 7) is 8.40. The van der Waals surface area contributed by atoms with Crippen molar-refractivity contribution in [1.29, 1.82) is 0 Å². The minimum atomic E-state index is -0.151. The molecule has 0 unspecified atom stereocenters. The van der Waals surface area contributed by atoms with E-state index in [2.05, 4.69) is 32.6 Å². The average molecular weight is 382 g/mol. The van der Waals surface area contributed by atoms with Gasteiger partial charge in [0.2, 0.25) is 5.96 Å². The molecule has 0 aromatic heterocycles. The minimum Gasteiger partial charge on any atom is -0.337 e. The van der Waals surface area contributed by atoms with Crippen LogP contribution in [0.25, 0.3) is 6.08 Å². The van der Waals surface area contributed by atoms with Gasteiger partial charge in [0.25, 0.3) is 5.91 Å². The van der Waals surface area contributed by atoms with Crippen molar-refractivity contribution in [2.24, 2.45) is 4.99 Å². The lowest BCUT2D eigenvalue weighted by atomic mass is 10.2. The smallest absolute Gasteiger partial charge is 0.283 e. The van der Waals surface area contributed by atoms with Gasteiger partial charge < -0.3 is 4.90 Å². The van der Waals surface area contributed by atoms with Gasteiger partial charge >= 0.3 is 0 Å². The maximum absolute atomic E-state index is 13.3. The van der Waals surface area contributed by atoms with E-state index in [0.717, 1.165) is 5.56 Å². The van der Waals surface area contributed by atoms with E-state index in [1.807, 2.05) is 48.5 Å². The van der Waals surface area contributed by atoms with Crippen LogP contribution >= 0.6 is 11.6 Å². The van der Waals surface area contributed by atoms with Gasteiger partial charge in [-0.05, 0) is 57.5 Å². The monoisotopic (exact) mass is 381 g/mol. The Morgan fingerprint density at radius 2 is 1.67 bits per heavy atom. The van der Waals surface area contributed by atoms with Crippen molar-refractivity contribution in [2.75, 3.05) is 4.90 Å². The van der Waals surface area contributed by atoms with Crippen molar-refractivity contribution in [3.63, 3.8) is 0 Å². The molecule has 140 valence electrons. The van der Waals surface area contributed by atoms with Crippen LogP contribution in [-0.2, 0) is 4.79 Å². The molecule has 0 bridgehead atoms. The van der Waals surface area contributed by atoms with Gasteiger partial charge in [0.15, 0.2) is 0 Å². The highest BCUT2D eigenvalue weighted by atomic mass is 35.5. The second-order valence-corrected chi connectivity index (χ2v) is 7.50. The molecular formula is C22H24ClN3O.